The molecule has 72 heavy (non-hydrogen) atoms. The number of hydrogen-bond donors (Lipinski definition) is 3. The van der Waals surface area contributed by atoms with Crippen molar-refractivity contribution in [2.45, 2.75) is 386 Å². The topological polar surface area (TPSA) is 69.6 Å². The zero-order valence-corrected chi connectivity index (χ0v) is 49.2. The third-order valence-corrected chi connectivity index (χ3v) is 15.6. The lowest BCUT2D eigenvalue weighted by atomic mass is 10.0. The van der Waals surface area contributed by atoms with Gasteiger partial charge in [-0.05, 0) is 44.9 Å². The molecule has 0 aromatic heterocycles. The van der Waals surface area contributed by atoms with E-state index >= 15 is 0 Å². The second kappa shape index (κ2) is 63.9. The van der Waals surface area contributed by atoms with Gasteiger partial charge in [-0.1, -0.05) is 359 Å². The van der Waals surface area contributed by atoms with Crippen molar-refractivity contribution < 1.29 is 15.0 Å². The van der Waals surface area contributed by atoms with E-state index in [1.165, 1.54) is 315 Å². The summed E-state index contributed by atoms with van der Waals surface area (Å²) in [6.07, 6.45) is 88.0. The summed E-state index contributed by atoms with van der Waals surface area (Å²) in [4.78, 5) is 12.5. The van der Waals surface area contributed by atoms with Crippen LogP contribution in [0, 0.1) is 0 Å². The summed E-state index contributed by atoms with van der Waals surface area (Å²) in [5, 5.41) is 23.2. The number of hydrogen-bond acceptors (Lipinski definition) is 3. The average Bonchev–Trinajstić information content (AvgIpc) is 3.39. The standard InChI is InChI=1S/C68H131NO3/c1-3-5-7-9-11-13-15-17-19-21-23-25-27-29-31-33-35-37-39-41-43-45-47-49-51-53-55-57-59-61-63-67(71)66(65-70)69-68(72)64-62-60-58-56-54-52-50-48-46-44-42-40-38-36-34-32-30-28-26-24-22-20-18-16-14-12-10-8-6-4-2/h45,47,53,55,61,63,66-67,70-71H,3-44,46,48-52,54,56-60,62,64-65H2,1-2H3,(H,69,72)/b47-45+,55-53+,63-61+. The van der Waals surface area contributed by atoms with Crippen LogP contribution in [0.2, 0.25) is 0 Å². The minimum absolute atomic E-state index is 0.0700. The molecule has 1 amide bonds. The van der Waals surface area contributed by atoms with Gasteiger partial charge in [0.05, 0.1) is 18.8 Å². The molecule has 0 spiro atoms. The molecular weight excluding hydrogens is 879 g/mol. The van der Waals surface area contributed by atoms with Gasteiger partial charge in [-0.3, -0.25) is 4.79 Å². The lowest BCUT2D eigenvalue weighted by molar-refractivity contribution is -0.123. The molecule has 0 heterocycles. The fourth-order valence-electron chi connectivity index (χ4n) is 10.6. The first-order chi connectivity index (χ1) is 35.7. The molecule has 0 aliphatic rings. The van der Waals surface area contributed by atoms with Crippen molar-refractivity contribution >= 4 is 5.91 Å². The van der Waals surface area contributed by atoms with E-state index in [0.29, 0.717) is 6.42 Å². The molecule has 4 heteroatoms. The van der Waals surface area contributed by atoms with Gasteiger partial charge in [0, 0.05) is 6.42 Å². The maximum Gasteiger partial charge on any atom is 0.220 e. The highest BCUT2D eigenvalue weighted by molar-refractivity contribution is 5.76. The quantitative estimate of drug-likeness (QED) is 0.0420. The van der Waals surface area contributed by atoms with Crippen LogP contribution >= 0.6 is 0 Å². The predicted molar refractivity (Wildman–Crippen MR) is 322 cm³/mol. The molecule has 0 saturated heterocycles. The van der Waals surface area contributed by atoms with Crippen molar-refractivity contribution in [2.75, 3.05) is 6.61 Å². The Bertz CT molecular complexity index is 1100. The molecule has 0 bridgehead atoms. The van der Waals surface area contributed by atoms with Crippen molar-refractivity contribution in [1.82, 2.24) is 5.32 Å². The number of carbonyl (C=O) groups excluding carboxylic acids is 1. The van der Waals surface area contributed by atoms with Crippen LogP contribution in [0.4, 0.5) is 0 Å². The van der Waals surface area contributed by atoms with E-state index in [0.717, 1.165) is 38.5 Å². The highest BCUT2D eigenvalue weighted by Crippen LogP contribution is 2.19. The van der Waals surface area contributed by atoms with Gasteiger partial charge in [-0.15, -0.1) is 0 Å². The van der Waals surface area contributed by atoms with Gasteiger partial charge in [0.1, 0.15) is 0 Å². The van der Waals surface area contributed by atoms with E-state index in [1.54, 1.807) is 6.08 Å². The Morgan fingerprint density at radius 1 is 0.319 bits per heavy atom. The summed E-state index contributed by atoms with van der Waals surface area (Å²) in [6, 6.07) is -0.645. The molecule has 426 valence electrons. The van der Waals surface area contributed by atoms with Crippen molar-refractivity contribution in [3.05, 3.63) is 36.5 Å². The van der Waals surface area contributed by atoms with Gasteiger partial charge < -0.3 is 15.5 Å². The molecule has 0 radical (unpaired) electrons. The van der Waals surface area contributed by atoms with Gasteiger partial charge >= 0.3 is 0 Å². The number of aliphatic hydroxyl groups excluding tert-OH is 2. The molecule has 0 rings (SSSR count). The van der Waals surface area contributed by atoms with Crippen LogP contribution in [0.5, 0.6) is 0 Å². The minimum atomic E-state index is -0.870. The van der Waals surface area contributed by atoms with Crippen LogP contribution in [0.1, 0.15) is 373 Å². The van der Waals surface area contributed by atoms with E-state index < -0.39 is 12.1 Å². The highest BCUT2D eigenvalue weighted by Gasteiger charge is 2.18. The first-order valence-corrected chi connectivity index (χ1v) is 33.2. The molecule has 4 nitrogen and oxygen atoms in total. The molecule has 0 aromatic carbocycles. The van der Waals surface area contributed by atoms with Crippen LogP contribution in [0.15, 0.2) is 36.5 Å². The van der Waals surface area contributed by atoms with Gasteiger partial charge in [-0.2, -0.15) is 0 Å². The maximum atomic E-state index is 12.5. The molecule has 0 saturated carbocycles. The van der Waals surface area contributed by atoms with Crippen molar-refractivity contribution in [2.24, 2.45) is 0 Å². The number of rotatable bonds is 62. The smallest absolute Gasteiger partial charge is 0.220 e. The largest absolute Gasteiger partial charge is 0.394 e. The SMILES string of the molecule is CCCCCCCCCCCCCCCCCCCCCC/C=C/CC/C=C/CC/C=C/C(O)C(CO)NC(=O)CCCCCCCCCCCCCCCCCCCCCCCCCCCCCCCC. The Morgan fingerprint density at radius 2 is 0.542 bits per heavy atom. The Morgan fingerprint density at radius 3 is 0.806 bits per heavy atom. The Kier molecular flexibility index (Phi) is 62.7. The molecular formula is C68H131NO3. The van der Waals surface area contributed by atoms with Gasteiger partial charge in [0.25, 0.3) is 0 Å². The lowest BCUT2D eigenvalue weighted by Gasteiger charge is -2.19. The Balaban J connectivity index is 3.48. The first kappa shape index (κ1) is 70.6. The maximum absolute atomic E-state index is 12.5. The summed E-state index contributed by atoms with van der Waals surface area (Å²) in [5.41, 5.74) is 0. The summed E-state index contributed by atoms with van der Waals surface area (Å²) in [7, 11) is 0. The number of aliphatic hydroxyl groups is 2. The number of nitrogens with one attached hydrogen (secondary N) is 1. The third kappa shape index (κ3) is 59.5. The number of amides is 1. The number of unbranched alkanes of at least 4 members (excludes halogenated alkanes) is 51. The Hall–Kier alpha value is -1.39. The average molecular weight is 1010 g/mol. The minimum Gasteiger partial charge on any atom is -0.394 e. The third-order valence-electron chi connectivity index (χ3n) is 15.6. The van der Waals surface area contributed by atoms with E-state index in [2.05, 4.69) is 43.5 Å². The molecule has 0 aromatic rings. The van der Waals surface area contributed by atoms with E-state index in [-0.39, 0.29) is 12.5 Å². The molecule has 0 aliphatic carbocycles. The fraction of sp³-hybridized carbons (Fsp3) is 0.897. The van der Waals surface area contributed by atoms with Crippen LogP contribution in [0.3, 0.4) is 0 Å². The summed E-state index contributed by atoms with van der Waals surface area (Å²) in [6.45, 7) is 4.34. The molecule has 3 N–H and O–H groups in total. The van der Waals surface area contributed by atoms with Crippen LogP contribution < -0.4 is 5.32 Å². The van der Waals surface area contributed by atoms with Crippen molar-refractivity contribution in [3.8, 4) is 0 Å². The van der Waals surface area contributed by atoms with Gasteiger partial charge in [0.15, 0.2) is 0 Å². The Labute approximate surface area is 452 Å². The molecule has 2 atom stereocenters. The van der Waals surface area contributed by atoms with Crippen LogP contribution in [-0.2, 0) is 4.79 Å². The fourth-order valence-corrected chi connectivity index (χ4v) is 10.6. The van der Waals surface area contributed by atoms with Crippen molar-refractivity contribution in [3.63, 3.8) is 0 Å². The van der Waals surface area contributed by atoms with Gasteiger partial charge in [-0.25, -0.2) is 0 Å². The van der Waals surface area contributed by atoms with E-state index in [9.17, 15) is 15.0 Å². The summed E-state index contributed by atoms with van der Waals surface area (Å²) < 4.78 is 0. The number of carbonyl (C=O) groups is 1. The molecule has 2 unspecified atom stereocenters. The molecule has 0 aliphatic heterocycles. The zero-order valence-electron chi connectivity index (χ0n) is 49.2. The molecule has 0 fully saturated rings. The second-order valence-electron chi connectivity index (χ2n) is 22.9. The highest BCUT2D eigenvalue weighted by atomic mass is 16.3. The van der Waals surface area contributed by atoms with E-state index in [1.807, 2.05) is 6.08 Å². The van der Waals surface area contributed by atoms with Crippen molar-refractivity contribution in [1.29, 1.82) is 0 Å². The monoisotopic (exact) mass is 1010 g/mol. The van der Waals surface area contributed by atoms with Crippen LogP contribution in [0.25, 0.3) is 0 Å². The summed E-state index contributed by atoms with van der Waals surface area (Å²) >= 11 is 0. The second-order valence-corrected chi connectivity index (χ2v) is 22.9. The summed E-state index contributed by atoms with van der Waals surface area (Å²) in [5.74, 6) is -0.0700. The normalized spacial score (nSPS) is 12.9. The van der Waals surface area contributed by atoms with Gasteiger partial charge in [0.2, 0.25) is 5.91 Å². The zero-order chi connectivity index (χ0) is 52.0. The lowest BCUT2D eigenvalue weighted by Crippen LogP contribution is -2.45. The number of allylic oxidation sites excluding steroid dienone is 5. The van der Waals surface area contributed by atoms with E-state index in [4.69, 9.17) is 0 Å². The predicted octanol–water partition coefficient (Wildman–Crippen LogP) is 22.4. The van der Waals surface area contributed by atoms with Crippen LogP contribution in [-0.4, -0.2) is 34.9 Å². The first-order valence-electron chi connectivity index (χ1n) is 33.2.